The highest BCUT2D eigenvalue weighted by Gasteiger charge is 2.50. The Labute approximate surface area is 227 Å². The summed E-state index contributed by atoms with van der Waals surface area (Å²) in [5.74, 6) is -0.570. The summed E-state index contributed by atoms with van der Waals surface area (Å²) in [6.45, 7) is 3.16. The Morgan fingerprint density at radius 1 is 1.21 bits per heavy atom. The minimum absolute atomic E-state index is 0.00501. The van der Waals surface area contributed by atoms with Gasteiger partial charge in [0.1, 0.15) is 0 Å². The summed E-state index contributed by atoms with van der Waals surface area (Å²) in [7, 11) is -3.55. The predicted octanol–water partition coefficient (Wildman–Crippen LogP) is 4.97. The van der Waals surface area contributed by atoms with Crippen LogP contribution in [-0.2, 0) is 25.3 Å². The van der Waals surface area contributed by atoms with E-state index in [9.17, 15) is 26.4 Å². The minimum atomic E-state index is -4.56. The zero-order valence-corrected chi connectivity index (χ0v) is 22.6. The van der Waals surface area contributed by atoms with E-state index in [1.807, 2.05) is 0 Å². The molecule has 1 N–H and O–H groups in total. The normalized spacial score (nSPS) is 22.3. The second-order valence-electron chi connectivity index (χ2n) is 9.13. The third-order valence-corrected chi connectivity index (χ3v) is 8.30. The highest BCUT2D eigenvalue weighted by molar-refractivity contribution is 7.88. The second kappa shape index (κ2) is 10.6. The van der Waals surface area contributed by atoms with Crippen molar-refractivity contribution in [2.45, 2.75) is 44.5 Å². The van der Waals surface area contributed by atoms with E-state index in [2.05, 4.69) is 10.5 Å². The number of oxime groups is 1. The molecule has 206 valence electrons. The van der Waals surface area contributed by atoms with Gasteiger partial charge in [-0.1, -0.05) is 38.9 Å². The standard InChI is InChI=1S/C24H24Cl2F3N3O5S/c1-3-38(34,35)32-11-19(12-36-32)30-22(33)20-5-4-15(6-14(20)2)21-10-23(37-31-21,13-24(27,28)29)16-7-17(25)9-18(26)8-16/h4-9,19H,3,10-13H2,1-2H3,(H,30,33)/t19-,23?/m1/s1. The van der Waals surface area contributed by atoms with E-state index in [-0.39, 0.29) is 46.6 Å². The monoisotopic (exact) mass is 593 g/mol. The van der Waals surface area contributed by atoms with Crippen molar-refractivity contribution in [1.82, 2.24) is 9.79 Å². The van der Waals surface area contributed by atoms with Gasteiger partial charge in [0.05, 0.1) is 37.1 Å². The first-order valence-corrected chi connectivity index (χ1v) is 13.9. The van der Waals surface area contributed by atoms with Crippen molar-refractivity contribution in [3.63, 3.8) is 0 Å². The molecule has 1 amide bonds. The van der Waals surface area contributed by atoms with Gasteiger partial charge in [-0.3, -0.25) is 9.63 Å². The topological polar surface area (TPSA) is 97.3 Å². The first-order valence-electron chi connectivity index (χ1n) is 11.5. The lowest BCUT2D eigenvalue weighted by atomic mass is 9.84. The van der Waals surface area contributed by atoms with Crippen molar-refractivity contribution in [3.05, 3.63) is 68.7 Å². The van der Waals surface area contributed by atoms with E-state index in [1.54, 1.807) is 19.1 Å². The number of hydrogen-bond acceptors (Lipinski definition) is 6. The van der Waals surface area contributed by atoms with E-state index < -0.39 is 40.2 Å². The molecule has 0 aliphatic carbocycles. The number of hydrogen-bond donors (Lipinski definition) is 1. The molecule has 0 radical (unpaired) electrons. The Morgan fingerprint density at radius 2 is 1.89 bits per heavy atom. The summed E-state index contributed by atoms with van der Waals surface area (Å²) in [6, 6.07) is 8.34. The van der Waals surface area contributed by atoms with Crippen molar-refractivity contribution in [3.8, 4) is 0 Å². The maximum absolute atomic E-state index is 13.6. The number of carbonyl (C=O) groups is 1. The molecule has 2 heterocycles. The molecule has 1 unspecified atom stereocenters. The number of amides is 1. The summed E-state index contributed by atoms with van der Waals surface area (Å²) in [4.78, 5) is 23.5. The minimum Gasteiger partial charge on any atom is -0.383 e. The summed E-state index contributed by atoms with van der Waals surface area (Å²) in [5.41, 5.74) is -0.0893. The Morgan fingerprint density at radius 3 is 2.50 bits per heavy atom. The molecule has 1 fully saturated rings. The smallest absolute Gasteiger partial charge is 0.383 e. The first kappa shape index (κ1) is 28.6. The van der Waals surface area contributed by atoms with E-state index in [0.717, 1.165) is 4.47 Å². The number of nitrogens with zero attached hydrogens (tertiary/aromatic N) is 2. The molecule has 2 atom stereocenters. The number of hydroxylamine groups is 1. The number of nitrogens with one attached hydrogen (secondary N) is 1. The van der Waals surface area contributed by atoms with Gasteiger partial charge in [-0.05, 0) is 55.3 Å². The molecule has 4 rings (SSSR count). The summed E-state index contributed by atoms with van der Waals surface area (Å²) >= 11 is 12.1. The molecular weight excluding hydrogens is 570 g/mol. The zero-order chi connectivity index (χ0) is 27.9. The summed E-state index contributed by atoms with van der Waals surface area (Å²) in [5, 5.41) is 7.05. The number of benzene rings is 2. The molecule has 2 aliphatic rings. The maximum Gasteiger partial charge on any atom is 0.393 e. The third-order valence-electron chi connectivity index (χ3n) is 6.26. The molecule has 2 aromatic carbocycles. The molecule has 2 aliphatic heterocycles. The Kier molecular flexibility index (Phi) is 8.02. The predicted molar refractivity (Wildman–Crippen MR) is 136 cm³/mol. The van der Waals surface area contributed by atoms with Gasteiger partial charge in [-0.15, -0.1) is 0 Å². The number of halogens is 5. The van der Waals surface area contributed by atoms with Crippen molar-refractivity contribution < 1.29 is 36.1 Å². The van der Waals surface area contributed by atoms with Crippen molar-refractivity contribution in [2.24, 2.45) is 5.16 Å². The van der Waals surface area contributed by atoms with Crippen LogP contribution >= 0.6 is 23.2 Å². The number of sulfonamides is 1. The number of carbonyl (C=O) groups excluding carboxylic acids is 1. The van der Waals surface area contributed by atoms with Crippen LogP contribution in [0.15, 0.2) is 41.6 Å². The van der Waals surface area contributed by atoms with E-state index >= 15 is 0 Å². The molecule has 0 saturated carbocycles. The van der Waals surface area contributed by atoms with Crippen LogP contribution in [0.4, 0.5) is 13.2 Å². The fraction of sp³-hybridized carbons (Fsp3) is 0.417. The van der Waals surface area contributed by atoms with Gasteiger partial charge in [-0.25, -0.2) is 8.42 Å². The van der Waals surface area contributed by atoms with Crippen molar-refractivity contribution in [2.75, 3.05) is 18.9 Å². The first-order chi connectivity index (χ1) is 17.7. The molecule has 14 heteroatoms. The second-order valence-corrected chi connectivity index (χ2v) is 12.2. The van der Waals surface area contributed by atoms with E-state index in [4.69, 9.17) is 32.9 Å². The van der Waals surface area contributed by atoms with Gasteiger partial charge in [0.25, 0.3) is 5.91 Å². The van der Waals surface area contributed by atoms with Crippen molar-refractivity contribution >= 4 is 44.8 Å². The van der Waals surface area contributed by atoms with Crippen LogP contribution in [0.5, 0.6) is 0 Å². The molecule has 0 aromatic heterocycles. The van der Waals surface area contributed by atoms with Crippen LogP contribution in [0.25, 0.3) is 0 Å². The molecule has 1 saturated heterocycles. The number of aryl methyl sites for hydroxylation is 1. The van der Waals surface area contributed by atoms with Gasteiger partial charge in [0, 0.05) is 27.6 Å². The average Bonchev–Trinajstić information content (AvgIpc) is 3.46. The Hall–Kier alpha value is -2.38. The molecule has 2 aromatic rings. The molecule has 38 heavy (non-hydrogen) atoms. The Balaban J connectivity index is 1.51. The Bertz CT molecular complexity index is 1370. The number of rotatable bonds is 7. The lowest BCUT2D eigenvalue weighted by Gasteiger charge is -2.28. The van der Waals surface area contributed by atoms with Crippen LogP contribution in [0, 0.1) is 6.92 Å². The van der Waals surface area contributed by atoms with Crippen LogP contribution < -0.4 is 5.32 Å². The van der Waals surface area contributed by atoms with Crippen LogP contribution in [0.3, 0.4) is 0 Å². The van der Waals surface area contributed by atoms with Crippen molar-refractivity contribution in [1.29, 1.82) is 0 Å². The van der Waals surface area contributed by atoms with E-state index in [0.29, 0.717) is 16.7 Å². The van der Waals surface area contributed by atoms with Gasteiger partial charge in [-0.2, -0.15) is 13.2 Å². The molecular formula is C24H24Cl2F3N3O5S. The maximum atomic E-state index is 13.6. The SMILES string of the molecule is CCS(=O)(=O)N1C[C@@H](NC(=O)c2ccc(C3=NOC(CC(F)(F)F)(c4cc(Cl)cc(Cl)c4)C3)cc2C)CO1. The summed E-state index contributed by atoms with van der Waals surface area (Å²) in [6.07, 6.45) is -6.07. The molecule has 8 nitrogen and oxygen atoms in total. The third kappa shape index (κ3) is 6.26. The van der Waals surface area contributed by atoms with Crippen LogP contribution in [-0.4, -0.2) is 55.6 Å². The number of alkyl halides is 3. The fourth-order valence-electron chi connectivity index (χ4n) is 4.37. The average molecular weight is 594 g/mol. The highest BCUT2D eigenvalue weighted by Crippen LogP contribution is 2.46. The van der Waals surface area contributed by atoms with Gasteiger partial charge in [0.15, 0.2) is 5.60 Å². The molecule has 0 spiro atoms. The largest absolute Gasteiger partial charge is 0.393 e. The van der Waals surface area contributed by atoms with Crippen LogP contribution in [0.1, 0.15) is 46.8 Å². The quantitative estimate of drug-likeness (QED) is 0.489. The lowest BCUT2D eigenvalue weighted by Crippen LogP contribution is -2.40. The highest BCUT2D eigenvalue weighted by atomic mass is 35.5. The van der Waals surface area contributed by atoms with Gasteiger partial charge < -0.3 is 10.2 Å². The zero-order valence-electron chi connectivity index (χ0n) is 20.3. The fourth-order valence-corrected chi connectivity index (χ4v) is 5.81. The van der Waals surface area contributed by atoms with Crippen LogP contribution in [0.2, 0.25) is 10.0 Å². The van der Waals surface area contributed by atoms with E-state index in [1.165, 1.54) is 31.2 Å². The molecule has 0 bridgehead atoms. The summed E-state index contributed by atoms with van der Waals surface area (Å²) < 4.78 is 65.5. The lowest BCUT2D eigenvalue weighted by molar-refractivity contribution is -0.186. The van der Waals surface area contributed by atoms with Gasteiger partial charge in [0.2, 0.25) is 10.0 Å². The van der Waals surface area contributed by atoms with Gasteiger partial charge >= 0.3 is 6.18 Å².